The molecule has 0 spiro atoms. The normalized spacial score (nSPS) is 10.5. The van der Waals surface area contributed by atoms with Gasteiger partial charge >= 0.3 is 11.9 Å². The van der Waals surface area contributed by atoms with Crippen LogP contribution in [0.15, 0.2) is 42.5 Å². The summed E-state index contributed by atoms with van der Waals surface area (Å²) in [6.07, 6.45) is 2.77. The molecule has 2 aromatic carbocycles. The Morgan fingerprint density at radius 1 is 0.926 bits per heavy atom. The van der Waals surface area contributed by atoms with E-state index in [1.54, 1.807) is 18.2 Å². The van der Waals surface area contributed by atoms with Gasteiger partial charge < -0.3 is 14.8 Å². The van der Waals surface area contributed by atoms with Crippen molar-refractivity contribution in [3.05, 3.63) is 69.2 Å². The van der Waals surface area contributed by atoms with Crippen LogP contribution < -0.4 is 5.32 Å². The SMILES string of the molecule is COC(=O)c1cc(NC(=O)C=Cc2ccc(Cl)cc2Cl)cc(C(=O)OC)c1. The molecule has 0 fully saturated rings. The molecule has 0 aliphatic rings. The van der Waals surface area contributed by atoms with Crippen molar-refractivity contribution >= 4 is 52.8 Å². The van der Waals surface area contributed by atoms with E-state index in [1.807, 2.05) is 0 Å². The molecule has 0 bridgehead atoms. The molecule has 0 heterocycles. The van der Waals surface area contributed by atoms with Gasteiger partial charge in [0.05, 0.1) is 25.3 Å². The second kappa shape index (κ2) is 9.21. The summed E-state index contributed by atoms with van der Waals surface area (Å²) in [6.45, 7) is 0. The Bertz CT molecular complexity index is 890. The fourth-order valence-electron chi connectivity index (χ4n) is 2.16. The number of hydrogen-bond donors (Lipinski definition) is 1. The lowest BCUT2D eigenvalue weighted by Gasteiger charge is -2.08. The van der Waals surface area contributed by atoms with Gasteiger partial charge in [-0.25, -0.2) is 9.59 Å². The van der Waals surface area contributed by atoms with Crippen LogP contribution >= 0.6 is 23.2 Å². The molecule has 27 heavy (non-hydrogen) atoms. The molecular weight excluding hydrogens is 393 g/mol. The van der Waals surface area contributed by atoms with Crippen molar-refractivity contribution in [2.45, 2.75) is 0 Å². The molecule has 140 valence electrons. The molecule has 6 nitrogen and oxygen atoms in total. The van der Waals surface area contributed by atoms with E-state index < -0.39 is 17.8 Å². The van der Waals surface area contributed by atoms with Crippen molar-refractivity contribution in [1.29, 1.82) is 0 Å². The van der Waals surface area contributed by atoms with E-state index in [0.29, 0.717) is 15.6 Å². The van der Waals surface area contributed by atoms with Gasteiger partial charge in [-0.05, 0) is 42.0 Å². The van der Waals surface area contributed by atoms with E-state index in [-0.39, 0.29) is 16.8 Å². The Labute approximate surface area is 165 Å². The number of benzene rings is 2. The van der Waals surface area contributed by atoms with Crippen LogP contribution in [0.4, 0.5) is 5.69 Å². The van der Waals surface area contributed by atoms with Crippen molar-refractivity contribution in [2.24, 2.45) is 0 Å². The summed E-state index contributed by atoms with van der Waals surface area (Å²) in [5.41, 5.74) is 1.03. The average Bonchev–Trinajstić information content (AvgIpc) is 2.65. The van der Waals surface area contributed by atoms with Gasteiger partial charge in [0.1, 0.15) is 0 Å². The van der Waals surface area contributed by atoms with Gasteiger partial charge in [0.2, 0.25) is 5.91 Å². The van der Waals surface area contributed by atoms with Crippen molar-refractivity contribution < 1.29 is 23.9 Å². The van der Waals surface area contributed by atoms with Gasteiger partial charge in [-0.15, -0.1) is 0 Å². The van der Waals surface area contributed by atoms with E-state index >= 15 is 0 Å². The molecule has 0 unspecified atom stereocenters. The molecule has 1 N–H and O–H groups in total. The molecule has 0 aliphatic heterocycles. The maximum Gasteiger partial charge on any atom is 0.337 e. The van der Waals surface area contributed by atoms with Gasteiger partial charge in [-0.3, -0.25) is 4.79 Å². The Morgan fingerprint density at radius 2 is 1.52 bits per heavy atom. The Hall–Kier alpha value is -2.83. The summed E-state index contributed by atoms with van der Waals surface area (Å²) in [4.78, 5) is 35.7. The van der Waals surface area contributed by atoms with Crippen LogP contribution in [0.5, 0.6) is 0 Å². The average molecular weight is 408 g/mol. The number of ether oxygens (including phenoxy) is 2. The van der Waals surface area contributed by atoms with Crippen LogP contribution in [0.25, 0.3) is 6.08 Å². The third-order valence-corrected chi connectivity index (χ3v) is 3.98. The number of amides is 1. The third-order valence-electron chi connectivity index (χ3n) is 3.42. The molecule has 0 atom stereocenters. The molecule has 2 aromatic rings. The van der Waals surface area contributed by atoms with Crippen LogP contribution in [0.3, 0.4) is 0 Å². The third kappa shape index (κ3) is 5.57. The molecule has 2 rings (SSSR count). The summed E-state index contributed by atoms with van der Waals surface area (Å²) in [5, 5.41) is 3.45. The minimum absolute atomic E-state index is 0.0976. The first-order valence-electron chi connectivity index (χ1n) is 7.60. The number of carbonyl (C=O) groups excluding carboxylic acids is 3. The highest BCUT2D eigenvalue weighted by Crippen LogP contribution is 2.22. The van der Waals surface area contributed by atoms with Crippen molar-refractivity contribution in [3.63, 3.8) is 0 Å². The standard InChI is InChI=1S/C19H15Cl2NO5/c1-26-18(24)12-7-13(19(25)27-2)9-15(8-12)22-17(23)6-4-11-3-5-14(20)10-16(11)21/h3-10H,1-2H3,(H,22,23). The van der Waals surface area contributed by atoms with E-state index in [1.165, 1.54) is 44.6 Å². The lowest BCUT2D eigenvalue weighted by Crippen LogP contribution is -2.12. The summed E-state index contributed by atoms with van der Waals surface area (Å²) in [6, 6.07) is 8.97. The maximum atomic E-state index is 12.2. The number of rotatable bonds is 5. The second-order valence-electron chi connectivity index (χ2n) is 5.27. The van der Waals surface area contributed by atoms with Gasteiger partial charge in [-0.2, -0.15) is 0 Å². The van der Waals surface area contributed by atoms with Crippen molar-refractivity contribution in [1.82, 2.24) is 0 Å². The number of esters is 2. The van der Waals surface area contributed by atoms with E-state index in [9.17, 15) is 14.4 Å². The minimum Gasteiger partial charge on any atom is -0.465 e. The quantitative estimate of drug-likeness (QED) is 0.592. The Morgan fingerprint density at radius 3 is 2.04 bits per heavy atom. The largest absolute Gasteiger partial charge is 0.465 e. The molecule has 0 saturated carbocycles. The van der Waals surface area contributed by atoms with Crippen LogP contribution in [-0.2, 0) is 14.3 Å². The molecular formula is C19H15Cl2NO5. The van der Waals surface area contributed by atoms with E-state index in [0.717, 1.165) is 0 Å². The van der Waals surface area contributed by atoms with Crippen LogP contribution in [0.1, 0.15) is 26.3 Å². The molecule has 1 amide bonds. The molecule has 0 aliphatic carbocycles. The second-order valence-corrected chi connectivity index (χ2v) is 6.11. The van der Waals surface area contributed by atoms with Gasteiger partial charge in [-0.1, -0.05) is 29.3 Å². The van der Waals surface area contributed by atoms with Gasteiger partial charge in [0.15, 0.2) is 0 Å². The number of halogens is 2. The molecule has 8 heteroatoms. The first-order valence-corrected chi connectivity index (χ1v) is 8.35. The number of anilines is 1. The van der Waals surface area contributed by atoms with E-state index in [2.05, 4.69) is 14.8 Å². The van der Waals surface area contributed by atoms with Gasteiger partial charge in [0.25, 0.3) is 0 Å². The van der Waals surface area contributed by atoms with Crippen molar-refractivity contribution in [3.8, 4) is 0 Å². The van der Waals surface area contributed by atoms with Gasteiger partial charge in [0, 0.05) is 21.8 Å². The minimum atomic E-state index is -0.653. The number of carbonyl (C=O) groups is 3. The first kappa shape index (κ1) is 20.5. The fourth-order valence-corrected chi connectivity index (χ4v) is 2.63. The highest BCUT2D eigenvalue weighted by atomic mass is 35.5. The summed E-state index contributed by atoms with van der Waals surface area (Å²) in [7, 11) is 2.42. The summed E-state index contributed by atoms with van der Waals surface area (Å²) >= 11 is 11.9. The predicted octanol–water partition coefficient (Wildman–Crippen LogP) is 4.22. The van der Waals surface area contributed by atoms with E-state index in [4.69, 9.17) is 23.2 Å². The molecule has 0 saturated heterocycles. The zero-order chi connectivity index (χ0) is 20.0. The maximum absolute atomic E-state index is 12.2. The first-order chi connectivity index (χ1) is 12.8. The van der Waals surface area contributed by atoms with Crippen LogP contribution in [-0.4, -0.2) is 32.1 Å². The number of methoxy groups -OCH3 is 2. The van der Waals surface area contributed by atoms with Crippen LogP contribution in [0, 0.1) is 0 Å². The topological polar surface area (TPSA) is 81.7 Å². The summed E-state index contributed by atoms with van der Waals surface area (Å²) < 4.78 is 9.30. The van der Waals surface area contributed by atoms with Crippen molar-refractivity contribution in [2.75, 3.05) is 19.5 Å². The van der Waals surface area contributed by atoms with Crippen LogP contribution in [0.2, 0.25) is 10.0 Å². The zero-order valence-corrected chi connectivity index (χ0v) is 15.9. The Kier molecular flexibility index (Phi) is 6.98. The smallest absolute Gasteiger partial charge is 0.337 e. The molecule has 0 radical (unpaired) electrons. The highest BCUT2D eigenvalue weighted by molar-refractivity contribution is 6.35. The predicted molar refractivity (Wildman–Crippen MR) is 103 cm³/mol. The fraction of sp³-hybridized carbons (Fsp3) is 0.105. The zero-order valence-electron chi connectivity index (χ0n) is 14.4. The number of nitrogens with one attached hydrogen (secondary N) is 1. The Balaban J connectivity index is 2.24. The number of hydrogen-bond acceptors (Lipinski definition) is 5. The lowest BCUT2D eigenvalue weighted by molar-refractivity contribution is -0.111. The lowest BCUT2D eigenvalue weighted by atomic mass is 10.1. The summed E-state index contributed by atoms with van der Waals surface area (Å²) in [5.74, 6) is -1.79. The molecule has 0 aromatic heterocycles. The monoisotopic (exact) mass is 407 g/mol. The highest BCUT2D eigenvalue weighted by Gasteiger charge is 2.14.